The highest BCUT2D eigenvalue weighted by molar-refractivity contribution is 5.30. The molecule has 21 heavy (non-hydrogen) atoms. The van der Waals surface area contributed by atoms with Crippen molar-refractivity contribution in [2.75, 3.05) is 39.3 Å². The lowest BCUT2D eigenvalue weighted by Gasteiger charge is -2.33. The molecule has 2 N–H and O–H groups in total. The smallest absolute Gasteiger partial charge is 0.170 e. The second-order valence-electron chi connectivity index (χ2n) is 5.25. The molecule has 7 nitrogen and oxygen atoms in total. The second-order valence-corrected chi connectivity index (χ2v) is 5.25. The van der Waals surface area contributed by atoms with Crippen molar-refractivity contribution in [2.45, 2.75) is 6.54 Å². The van der Waals surface area contributed by atoms with Gasteiger partial charge >= 0.3 is 0 Å². The number of tetrazole rings is 1. The van der Waals surface area contributed by atoms with Gasteiger partial charge in [-0.3, -0.25) is 9.80 Å². The minimum Gasteiger partial charge on any atom is -0.329 e. The molecular weight excluding hydrogens is 266 g/mol. The summed E-state index contributed by atoms with van der Waals surface area (Å²) in [5.41, 5.74) is 6.60. The number of para-hydroxylation sites is 1. The predicted octanol–water partition coefficient (Wildman–Crippen LogP) is -0.261. The molecule has 0 bridgehead atoms. The molecule has 0 unspecified atom stereocenters. The van der Waals surface area contributed by atoms with Crippen molar-refractivity contribution in [3.05, 3.63) is 36.2 Å². The van der Waals surface area contributed by atoms with Gasteiger partial charge < -0.3 is 5.73 Å². The molecule has 0 saturated carbocycles. The number of piperazine rings is 1. The minimum absolute atomic E-state index is 0.728. The molecule has 1 fully saturated rings. The van der Waals surface area contributed by atoms with Gasteiger partial charge in [0.1, 0.15) is 0 Å². The fraction of sp³-hybridized carbons (Fsp3) is 0.500. The van der Waals surface area contributed by atoms with E-state index in [4.69, 9.17) is 5.73 Å². The van der Waals surface area contributed by atoms with Gasteiger partial charge in [-0.15, -0.1) is 5.10 Å². The summed E-state index contributed by atoms with van der Waals surface area (Å²) in [6.45, 7) is 6.66. The number of hydrogen-bond donors (Lipinski definition) is 1. The Hall–Kier alpha value is -1.83. The van der Waals surface area contributed by atoms with Gasteiger partial charge in [-0.25, -0.2) is 0 Å². The Kier molecular flexibility index (Phi) is 4.54. The summed E-state index contributed by atoms with van der Waals surface area (Å²) in [5.74, 6) is 0.883. The number of nitrogens with two attached hydrogens (primary N) is 1. The topological polar surface area (TPSA) is 76.1 Å². The third kappa shape index (κ3) is 3.44. The highest BCUT2D eigenvalue weighted by atomic mass is 15.5. The van der Waals surface area contributed by atoms with Gasteiger partial charge in [0.15, 0.2) is 5.82 Å². The second kappa shape index (κ2) is 6.75. The Morgan fingerprint density at radius 1 is 1.00 bits per heavy atom. The fourth-order valence-electron chi connectivity index (χ4n) is 2.63. The highest BCUT2D eigenvalue weighted by Gasteiger charge is 2.19. The molecular formula is C14H21N7. The van der Waals surface area contributed by atoms with E-state index in [-0.39, 0.29) is 0 Å². The maximum atomic E-state index is 5.60. The average Bonchev–Trinajstić information content (AvgIpc) is 2.98. The quantitative estimate of drug-likeness (QED) is 0.816. The number of benzene rings is 1. The zero-order valence-corrected chi connectivity index (χ0v) is 12.1. The first-order valence-corrected chi connectivity index (χ1v) is 7.34. The van der Waals surface area contributed by atoms with E-state index in [1.807, 2.05) is 35.0 Å². The average molecular weight is 287 g/mol. The van der Waals surface area contributed by atoms with Crippen molar-refractivity contribution < 1.29 is 0 Å². The molecule has 0 amide bonds. The lowest BCUT2D eigenvalue weighted by atomic mass is 10.3. The summed E-state index contributed by atoms with van der Waals surface area (Å²) >= 11 is 0. The standard InChI is InChI=1S/C14H21N7/c15-6-7-19-8-10-20(11-9-19)12-14-16-17-18-21(14)13-4-2-1-3-5-13/h1-5H,6-12,15H2. The van der Waals surface area contributed by atoms with Gasteiger partial charge in [-0.05, 0) is 22.6 Å². The first-order valence-electron chi connectivity index (χ1n) is 7.34. The number of hydrogen-bond acceptors (Lipinski definition) is 6. The van der Waals surface area contributed by atoms with E-state index in [1.165, 1.54) is 0 Å². The molecule has 0 aliphatic carbocycles. The number of nitrogens with zero attached hydrogens (tertiary/aromatic N) is 6. The first-order chi connectivity index (χ1) is 10.4. The lowest BCUT2D eigenvalue weighted by molar-refractivity contribution is 0.127. The van der Waals surface area contributed by atoms with E-state index < -0.39 is 0 Å². The van der Waals surface area contributed by atoms with Crippen LogP contribution in [0.3, 0.4) is 0 Å². The lowest BCUT2D eigenvalue weighted by Crippen LogP contribution is -2.47. The van der Waals surface area contributed by atoms with Crippen LogP contribution in [0.4, 0.5) is 0 Å². The van der Waals surface area contributed by atoms with E-state index in [1.54, 1.807) is 0 Å². The van der Waals surface area contributed by atoms with Gasteiger partial charge in [0.25, 0.3) is 0 Å². The molecule has 1 aliphatic rings. The monoisotopic (exact) mass is 287 g/mol. The normalized spacial score (nSPS) is 17.2. The van der Waals surface area contributed by atoms with Gasteiger partial charge in [0, 0.05) is 39.3 Å². The predicted molar refractivity (Wildman–Crippen MR) is 79.9 cm³/mol. The van der Waals surface area contributed by atoms with E-state index in [2.05, 4.69) is 25.3 Å². The first kappa shape index (κ1) is 14.1. The molecule has 1 aliphatic heterocycles. The summed E-state index contributed by atoms with van der Waals surface area (Å²) in [6.07, 6.45) is 0. The van der Waals surface area contributed by atoms with Crippen LogP contribution >= 0.6 is 0 Å². The minimum atomic E-state index is 0.728. The Balaban J connectivity index is 1.63. The van der Waals surface area contributed by atoms with Gasteiger partial charge in [-0.1, -0.05) is 18.2 Å². The molecule has 7 heteroatoms. The largest absolute Gasteiger partial charge is 0.329 e. The van der Waals surface area contributed by atoms with E-state index in [0.717, 1.165) is 57.3 Å². The molecule has 2 aromatic rings. The van der Waals surface area contributed by atoms with Crippen LogP contribution in [0.5, 0.6) is 0 Å². The van der Waals surface area contributed by atoms with Crippen LogP contribution in [0.2, 0.25) is 0 Å². The Bertz CT molecular complexity index is 545. The van der Waals surface area contributed by atoms with E-state index in [9.17, 15) is 0 Å². The van der Waals surface area contributed by atoms with Crippen molar-refractivity contribution in [1.82, 2.24) is 30.0 Å². The summed E-state index contributed by atoms with van der Waals surface area (Å²) in [5, 5.41) is 12.1. The van der Waals surface area contributed by atoms with E-state index in [0.29, 0.717) is 0 Å². The SMILES string of the molecule is NCCN1CCN(Cc2nnnn2-c2ccccc2)CC1. The maximum absolute atomic E-state index is 5.60. The van der Waals surface area contributed by atoms with Gasteiger partial charge in [0.2, 0.25) is 0 Å². The summed E-state index contributed by atoms with van der Waals surface area (Å²) < 4.78 is 1.81. The van der Waals surface area contributed by atoms with Crippen LogP contribution in [-0.4, -0.2) is 69.3 Å². The zero-order chi connectivity index (χ0) is 14.5. The zero-order valence-electron chi connectivity index (χ0n) is 12.1. The fourth-order valence-corrected chi connectivity index (χ4v) is 2.63. The van der Waals surface area contributed by atoms with Crippen LogP contribution in [0.15, 0.2) is 30.3 Å². The van der Waals surface area contributed by atoms with Crippen molar-refractivity contribution >= 4 is 0 Å². The highest BCUT2D eigenvalue weighted by Crippen LogP contribution is 2.10. The maximum Gasteiger partial charge on any atom is 0.170 e. The summed E-state index contributed by atoms with van der Waals surface area (Å²) in [7, 11) is 0. The number of aromatic nitrogens is 4. The van der Waals surface area contributed by atoms with Crippen molar-refractivity contribution in [3.63, 3.8) is 0 Å². The van der Waals surface area contributed by atoms with Crippen LogP contribution in [0.25, 0.3) is 5.69 Å². The van der Waals surface area contributed by atoms with Gasteiger partial charge in [-0.2, -0.15) is 4.68 Å². The molecule has 1 aromatic carbocycles. The number of rotatable bonds is 5. The van der Waals surface area contributed by atoms with E-state index >= 15 is 0 Å². The molecule has 112 valence electrons. The summed E-state index contributed by atoms with van der Waals surface area (Å²) in [6, 6.07) is 10.0. The molecule has 3 rings (SSSR count). The van der Waals surface area contributed by atoms with Crippen LogP contribution in [0.1, 0.15) is 5.82 Å². The molecule has 0 spiro atoms. The third-order valence-corrected chi connectivity index (χ3v) is 3.81. The molecule has 1 saturated heterocycles. The molecule has 2 heterocycles. The van der Waals surface area contributed by atoms with Crippen molar-refractivity contribution in [3.8, 4) is 5.69 Å². The van der Waals surface area contributed by atoms with Crippen LogP contribution in [-0.2, 0) is 6.54 Å². The van der Waals surface area contributed by atoms with Crippen LogP contribution < -0.4 is 5.73 Å². The van der Waals surface area contributed by atoms with Crippen LogP contribution in [0, 0.1) is 0 Å². The molecule has 0 atom stereocenters. The Labute approximate surface area is 124 Å². The van der Waals surface area contributed by atoms with Crippen molar-refractivity contribution in [2.24, 2.45) is 5.73 Å². The molecule has 1 aromatic heterocycles. The summed E-state index contributed by atoms with van der Waals surface area (Å²) in [4.78, 5) is 4.79. The van der Waals surface area contributed by atoms with Crippen molar-refractivity contribution in [1.29, 1.82) is 0 Å². The molecule has 0 radical (unpaired) electrons. The Morgan fingerprint density at radius 3 is 2.43 bits per heavy atom. The third-order valence-electron chi connectivity index (χ3n) is 3.81. The Morgan fingerprint density at radius 2 is 1.71 bits per heavy atom. The van der Waals surface area contributed by atoms with Gasteiger partial charge in [0.05, 0.1) is 12.2 Å².